The van der Waals surface area contributed by atoms with Gasteiger partial charge in [0, 0.05) is 6.42 Å². The molecule has 0 bridgehead atoms. The molecular formula is C55H97NO5. The van der Waals surface area contributed by atoms with E-state index in [1.54, 1.807) is 0 Å². The summed E-state index contributed by atoms with van der Waals surface area (Å²) in [6, 6.07) is -0.716. The molecule has 0 fully saturated rings. The van der Waals surface area contributed by atoms with E-state index in [1.807, 2.05) is 0 Å². The molecule has 0 saturated heterocycles. The Morgan fingerprint density at radius 3 is 1.51 bits per heavy atom. The number of hydrogen-bond acceptors (Lipinski definition) is 5. The van der Waals surface area contributed by atoms with Gasteiger partial charge in [-0.3, -0.25) is 9.59 Å². The van der Waals surface area contributed by atoms with Crippen molar-refractivity contribution in [1.82, 2.24) is 5.32 Å². The van der Waals surface area contributed by atoms with E-state index in [0.29, 0.717) is 19.3 Å². The first-order valence-corrected chi connectivity index (χ1v) is 25.7. The zero-order valence-corrected chi connectivity index (χ0v) is 40.0. The number of aliphatic hydroxyl groups excluding tert-OH is 2. The number of rotatable bonds is 45. The number of allylic oxidation sites excluding steroid dienone is 12. The molecule has 0 aromatic carbocycles. The van der Waals surface area contributed by atoms with Crippen LogP contribution >= 0.6 is 0 Å². The van der Waals surface area contributed by atoms with E-state index < -0.39 is 18.2 Å². The summed E-state index contributed by atoms with van der Waals surface area (Å²) in [5.41, 5.74) is 0. The summed E-state index contributed by atoms with van der Waals surface area (Å²) in [5, 5.41) is 23.7. The summed E-state index contributed by atoms with van der Waals surface area (Å²) < 4.78 is 5.91. The molecule has 0 rings (SSSR count). The minimum absolute atomic E-state index is 0.0517. The van der Waals surface area contributed by atoms with E-state index in [4.69, 9.17) is 4.74 Å². The van der Waals surface area contributed by atoms with Crippen molar-refractivity contribution in [2.45, 2.75) is 257 Å². The third-order valence-electron chi connectivity index (χ3n) is 11.3. The molecule has 0 saturated carbocycles. The van der Waals surface area contributed by atoms with E-state index in [1.165, 1.54) is 83.5 Å². The van der Waals surface area contributed by atoms with Gasteiger partial charge in [-0.1, -0.05) is 216 Å². The van der Waals surface area contributed by atoms with E-state index in [-0.39, 0.29) is 24.9 Å². The molecule has 1 amide bonds. The Bertz CT molecular complexity index is 1140. The zero-order chi connectivity index (χ0) is 44.5. The van der Waals surface area contributed by atoms with Crippen molar-refractivity contribution in [1.29, 1.82) is 0 Å². The first kappa shape index (κ1) is 58.3. The highest BCUT2D eigenvalue weighted by Gasteiger charge is 2.24. The van der Waals surface area contributed by atoms with Crippen LogP contribution in [-0.2, 0) is 14.3 Å². The standard InChI is InChI=1S/C55H97NO5/c1-4-7-10-13-16-19-22-25-26-27-28-30-31-34-37-40-43-46-51(61-55(60)48-45-42-39-36-33-29-23-20-17-14-11-8-5-2)49-54(59)56-52(50-57)53(58)47-44-41-38-35-32-24-21-18-15-12-9-6-3/h8,11,14,16-17,19-20,23,25-26,28,30,51-53,57-58H,4-7,9-10,12-13,15,18,21-22,24,27,29,31-50H2,1-3H3,(H,56,59)/b11-8+,17-14+,19-16-,23-20-,26-25-,30-28-. The molecule has 352 valence electrons. The van der Waals surface area contributed by atoms with Gasteiger partial charge in [-0.15, -0.1) is 0 Å². The number of carbonyl (C=O) groups is 2. The molecule has 0 spiro atoms. The van der Waals surface area contributed by atoms with Gasteiger partial charge in [0.2, 0.25) is 5.91 Å². The van der Waals surface area contributed by atoms with Crippen LogP contribution in [0.3, 0.4) is 0 Å². The number of amides is 1. The Morgan fingerprint density at radius 1 is 0.508 bits per heavy atom. The molecule has 3 N–H and O–H groups in total. The molecule has 3 unspecified atom stereocenters. The summed E-state index contributed by atoms with van der Waals surface area (Å²) in [6.45, 7) is 6.31. The molecule has 0 radical (unpaired) electrons. The van der Waals surface area contributed by atoms with Gasteiger partial charge in [0.1, 0.15) is 6.10 Å². The molecule has 6 nitrogen and oxygen atoms in total. The maximum atomic E-state index is 13.2. The lowest BCUT2D eigenvalue weighted by molar-refractivity contribution is -0.151. The van der Waals surface area contributed by atoms with Gasteiger partial charge in [-0.05, 0) is 83.5 Å². The Morgan fingerprint density at radius 2 is 0.951 bits per heavy atom. The SMILES string of the molecule is CC/C=C/C=C/C=C\CCCCCCCC(=O)OC(CCCCCC/C=C\C/C=C\C/C=C\CCCCC)CC(=O)NC(CO)C(O)CCCCCCCCCCCCCC. The van der Waals surface area contributed by atoms with E-state index in [0.717, 1.165) is 109 Å². The third kappa shape index (κ3) is 43.7. The minimum atomic E-state index is -0.800. The number of esters is 1. The molecule has 0 aliphatic rings. The maximum Gasteiger partial charge on any atom is 0.306 e. The van der Waals surface area contributed by atoms with Crippen molar-refractivity contribution < 1.29 is 24.5 Å². The zero-order valence-electron chi connectivity index (χ0n) is 40.0. The van der Waals surface area contributed by atoms with Crippen molar-refractivity contribution in [3.8, 4) is 0 Å². The highest BCUT2D eigenvalue weighted by Crippen LogP contribution is 2.17. The number of carbonyl (C=O) groups excluding carboxylic acids is 2. The van der Waals surface area contributed by atoms with Crippen LogP contribution in [-0.4, -0.2) is 46.9 Å². The van der Waals surface area contributed by atoms with Crippen LogP contribution in [0.5, 0.6) is 0 Å². The number of ether oxygens (including phenoxy) is 1. The van der Waals surface area contributed by atoms with Crippen molar-refractivity contribution in [2.75, 3.05) is 6.61 Å². The molecular weight excluding hydrogens is 755 g/mol. The maximum absolute atomic E-state index is 13.2. The quantitative estimate of drug-likeness (QED) is 0.0245. The monoisotopic (exact) mass is 852 g/mol. The fourth-order valence-corrected chi connectivity index (χ4v) is 7.44. The van der Waals surface area contributed by atoms with Crippen LogP contribution < -0.4 is 5.32 Å². The Kier molecular flexibility index (Phi) is 46.2. The molecule has 0 heterocycles. The number of unbranched alkanes of at least 4 members (excludes halogenated alkanes) is 23. The van der Waals surface area contributed by atoms with Crippen LogP contribution in [0.15, 0.2) is 72.9 Å². The third-order valence-corrected chi connectivity index (χ3v) is 11.3. The Hall–Kier alpha value is -2.70. The molecule has 3 atom stereocenters. The van der Waals surface area contributed by atoms with Crippen molar-refractivity contribution in [2.24, 2.45) is 0 Å². The van der Waals surface area contributed by atoms with Gasteiger partial charge in [-0.2, -0.15) is 0 Å². The molecule has 0 aliphatic carbocycles. The van der Waals surface area contributed by atoms with Crippen LogP contribution in [0.2, 0.25) is 0 Å². The van der Waals surface area contributed by atoms with Crippen molar-refractivity contribution >= 4 is 11.9 Å². The van der Waals surface area contributed by atoms with Gasteiger partial charge in [-0.25, -0.2) is 0 Å². The summed E-state index contributed by atoms with van der Waals surface area (Å²) in [4.78, 5) is 26.1. The average molecular weight is 852 g/mol. The number of aliphatic hydroxyl groups is 2. The van der Waals surface area contributed by atoms with E-state index in [2.05, 4.69) is 99.0 Å². The fourth-order valence-electron chi connectivity index (χ4n) is 7.44. The lowest BCUT2D eigenvalue weighted by Crippen LogP contribution is -2.46. The lowest BCUT2D eigenvalue weighted by atomic mass is 10.0. The molecule has 61 heavy (non-hydrogen) atoms. The average Bonchev–Trinajstić information content (AvgIpc) is 3.25. The second-order valence-corrected chi connectivity index (χ2v) is 17.2. The fraction of sp³-hybridized carbons (Fsp3) is 0.745. The lowest BCUT2D eigenvalue weighted by Gasteiger charge is -2.24. The predicted octanol–water partition coefficient (Wildman–Crippen LogP) is 15.4. The number of nitrogens with one attached hydrogen (secondary N) is 1. The van der Waals surface area contributed by atoms with Crippen LogP contribution in [0.4, 0.5) is 0 Å². The molecule has 0 aromatic heterocycles. The topological polar surface area (TPSA) is 95.9 Å². The van der Waals surface area contributed by atoms with Crippen molar-refractivity contribution in [3.05, 3.63) is 72.9 Å². The van der Waals surface area contributed by atoms with Gasteiger partial charge in [0.05, 0.1) is 25.2 Å². The highest BCUT2D eigenvalue weighted by atomic mass is 16.5. The second kappa shape index (κ2) is 48.3. The summed E-state index contributed by atoms with van der Waals surface area (Å²) in [7, 11) is 0. The second-order valence-electron chi connectivity index (χ2n) is 17.2. The minimum Gasteiger partial charge on any atom is -0.462 e. The first-order chi connectivity index (χ1) is 30.0. The number of hydrogen-bond donors (Lipinski definition) is 3. The van der Waals surface area contributed by atoms with Crippen LogP contribution in [0.25, 0.3) is 0 Å². The smallest absolute Gasteiger partial charge is 0.306 e. The predicted molar refractivity (Wildman–Crippen MR) is 264 cm³/mol. The molecule has 6 heteroatoms. The highest BCUT2D eigenvalue weighted by molar-refractivity contribution is 5.77. The first-order valence-electron chi connectivity index (χ1n) is 25.7. The summed E-state index contributed by atoms with van der Waals surface area (Å²) in [6.07, 6.45) is 61.0. The molecule has 0 aromatic rings. The summed E-state index contributed by atoms with van der Waals surface area (Å²) >= 11 is 0. The van der Waals surface area contributed by atoms with Crippen LogP contribution in [0, 0.1) is 0 Å². The van der Waals surface area contributed by atoms with E-state index in [9.17, 15) is 19.8 Å². The largest absolute Gasteiger partial charge is 0.462 e. The van der Waals surface area contributed by atoms with Crippen molar-refractivity contribution in [3.63, 3.8) is 0 Å². The summed E-state index contributed by atoms with van der Waals surface area (Å²) in [5.74, 6) is -0.521. The van der Waals surface area contributed by atoms with Crippen LogP contribution in [0.1, 0.15) is 239 Å². The Labute approximate surface area is 377 Å². The Balaban J connectivity index is 4.68. The van der Waals surface area contributed by atoms with Gasteiger partial charge in [0.15, 0.2) is 0 Å². The van der Waals surface area contributed by atoms with Gasteiger partial charge in [0.25, 0.3) is 0 Å². The molecule has 0 aliphatic heterocycles. The van der Waals surface area contributed by atoms with Gasteiger partial charge < -0.3 is 20.3 Å². The van der Waals surface area contributed by atoms with Gasteiger partial charge >= 0.3 is 5.97 Å². The normalized spacial score (nSPS) is 13.9. The van der Waals surface area contributed by atoms with E-state index >= 15 is 0 Å².